The van der Waals surface area contributed by atoms with E-state index in [0.717, 1.165) is 12.1 Å². The summed E-state index contributed by atoms with van der Waals surface area (Å²) in [7, 11) is 0. The molecule has 1 atom stereocenters. The zero-order chi connectivity index (χ0) is 22.5. The van der Waals surface area contributed by atoms with Crippen molar-refractivity contribution in [1.29, 1.82) is 10.8 Å². The maximum Gasteiger partial charge on any atom is 0.118 e. The zero-order valence-corrected chi connectivity index (χ0v) is 19.8. The van der Waals surface area contributed by atoms with Crippen LogP contribution in [0.15, 0.2) is 42.5 Å². The van der Waals surface area contributed by atoms with Crippen LogP contribution < -0.4 is 5.32 Å². The number of allylic oxidation sites excluding steroid dienone is 2. The van der Waals surface area contributed by atoms with Gasteiger partial charge in [-0.25, -0.2) is 0 Å². The molecule has 1 heterocycles. The summed E-state index contributed by atoms with van der Waals surface area (Å²) < 4.78 is 0. The average Bonchev–Trinajstić information content (AvgIpc) is 3.41. The number of benzene rings is 1. The quantitative estimate of drug-likeness (QED) is 0.374. The molecule has 4 nitrogen and oxygen atoms in total. The van der Waals surface area contributed by atoms with Crippen molar-refractivity contribution in [2.45, 2.75) is 53.4 Å². The van der Waals surface area contributed by atoms with Gasteiger partial charge in [-0.05, 0) is 92.8 Å². The Balaban J connectivity index is 1.34. The van der Waals surface area contributed by atoms with Crippen molar-refractivity contribution in [3.63, 3.8) is 0 Å². The fourth-order valence-corrected chi connectivity index (χ4v) is 4.43. The molecule has 4 heteroatoms. The molecule has 0 bridgehead atoms. The highest BCUT2D eigenvalue weighted by atomic mass is 15.1. The highest BCUT2D eigenvalue weighted by Gasteiger charge is 2.54. The third kappa shape index (κ3) is 7.46. The SMILES string of the molecule is Cc1ccc(/C=C/C(=N)/C=C\C(=N)NCC2CC23CCN(CCC(C)(C)C)CC3)cc1. The van der Waals surface area contributed by atoms with Crippen LogP contribution in [0.4, 0.5) is 0 Å². The Kier molecular flexibility index (Phi) is 7.53. The average molecular weight is 421 g/mol. The second-order valence-corrected chi connectivity index (χ2v) is 10.7. The van der Waals surface area contributed by atoms with E-state index in [4.69, 9.17) is 10.8 Å². The Morgan fingerprint density at radius 1 is 1.10 bits per heavy atom. The highest BCUT2D eigenvalue weighted by Crippen LogP contribution is 2.59. The lowest BCUT2D eigenvalue weighted by molar-refractivity contribution is 0.146. The minimum atomic E-state index is 0.401. The first-order chi connectivity index (χ1) is 14.7. The summed E-state index contributed by atoms with van der Waals surface area (Å²) in [5.41, 5.74) is 3.66. The van der Waals surface area contributed by atoms with Crippen molar-refractivity contribution < 1.29 is 0 Å². The van der Waals surface area contributed by atoms with Gasteiger partial charge in [0.15, 0.2) is 0 Å². The van der Waals surface area contributed by atoms with Crippen LogP contribution in [-0.2, 0) is 0 Å². The number of hydrogen-bond donors (Lipinski definition) is 3. The molecule has 1 saturated heterocycles. The number of likely N-dealkylation sites (tertiary alicyclic amines) is 1. The predicted molar refractivity (Wildman–Crippen MR) is 133 cm³/mol. The van der Waals surface area contributed by atoms with E-state index in [-0.39, 0.29) is 0 Å². The molecule has 3 N–H and O–H groups in total. The van der Waals surface area contributed by atoms with E-state index >= 15 is 0 Å². The van der Waals surface area contributed by atoms with E-state index in [0.29, 0.717) is 28.3 Å². The molecule has 1 unspecified atom stereocenters. The van der Waals surface area contributed by atoms with Gasteiger partial charge in [0.2, 0.25) is 0 Å². The molecule has 2 fully saturated rings. The summed E-state index contributed by atoms with van der Waals surface area (Å²) in [6.45, 7) is 13.6. The Bertz CT molecular complexity index is 818. The zero-order valence-electron chi connectivity index (χ0n) is 19.8. The molecule has 1 aromatic carbocycles. The summed E-state index contributed by atoms with van der Waals surface area (Å²) in [5.74, 6) is 1.10. The van der Waals surface area contributed by atoms with Crippen LogP contribution in [-0.4, -0.2) is 42.6 Å². The van der Waals surface area contributed by atoms with E-state index in [2.05, 4.69) is 50.0 Å². The van der Waals surface area contributed by atoms with Crippen molar-refractivity contribution in [2.24, 2.45) is 16.7 Å². The molecule has 3 rings (SSSR count). The van der Waals surface area contributed by atoms with Crippen LogP contribution in [0, 0.1) is 34.5 Å². The standard InChI is InChI=1S/C27H40N4/c1-21-5-7-22(8-6-21)9-10-24(28)11-12-25(29)30-20-23-19-27(23)14-17-31(18-15-27)16-13-26(2,3)4/h5-12,23,28H,13-20H2,1-4H3,(H2,29,30)/b10-9+,12-11-,28-24?. The highest BCUT2D eigenvalue weighted by molar-refractivity contribution is 6.07. The Morgan fingerprint density at radius 2 is 1.77 bits per heavy atom. The van der Waals surface area contributed by atoms with Gasteiger partial charge in [0.1, 0.15) is 5.84 Å². The van der Waals surface area contributed by atoms with Gasteiger partial charge in [0.05, 0.1) is 5.71 Å². The first-order valence-electron chi connectivity index (χ1n) is 11.7. The topological polar surface area (TPSA) is 63.0 Å². The fraction of sp³-hybridized carbons (Fsp3) is 0.556. The fourth-order valence-electron chi connectivity index (χ4n) is 4.43. The Morgan fingerprint density at radius 3 is 2.42 bits per heavy atom. The minimum Gasteiger partial charge on any atom is -0.370 e. The summed E-state index contributed by atoms with van der Waals surface area (Å²) in [6.07, 6.45) is 12.3. The molecule has 168 valence electrons. The van der Waals surface area contributed by atoms with E-state index in [1.165, 1.54) is 50.9 Å². The van der Waals surface area contributed by atoms with Crippen LogP contribution >= 0.6 is 0 Å². The molecule has 1 saturated carbocycles. The van der Waals surface area contributed by atoms with Gasteiger partial charge in [-0.2, -0.15) is 0 Å². The molecule has 1 aliphatic carbocycles. The number of nitrogens with zero attached hydrogens (tertiary/aromatic N) is 1. The van der Waals surface area contributed by atoms with Crippen LogP contribution in [0.1, 0.15) is 57.6 Å². The van der Waals surface area contributed by atoms with E-state index in [9.17, 15) is 0 Å². The number of rotatable bonds is 8. The van der Waals surface area contributed by atoms with Gasteiger partial charge in [-0.15, -0.1) is 0 Å². The van der Waals surface area contributed by atoms with Crippen molar-refractivity contribution in [1.82, 2.24) is 10.2 Å². The third-order valence-corrected chi connectivity index (χ3v) is 6.89. The summed E-state index contributed by atoms with van der Waals surface area (Å²) >= 11 is 0. The number of nitrogens with one attached hydrogen (secondary N) is 3. The minimum absolute atomic E-state index is 0.401. The Hall–Kier alpha value is -2.20. The lowest BCUT2D eigenvalue weighted by Gasteiger charge is -2.34. The molecular weight excluding hydrogens is 380 g/mol. The lowest BCUT2D eigenvalue weighted by atomic mass is 9.88. The maximum atomic E-state index is 8.14. The van der Waals surface area contributed by atoms with Crippen LogP contribution in [0.3, 0.4) is 0 Å². The Labute approximate surface area is 188 Å². The van der Waals surface area contributed by atoms with Crippen molar-refractivity contribution in [3.05, 3.63) is 53.6 Å². The monoisotopic (exact) mass is 420 g/mol. The van der Waals surface area contributed by atoms with Crippen molar-refractivity contribution in [3.8, 4) is 0 Å². The molecule has 1 spiro atoms. The molecule has 0 amide bonds. The molecular formula is C27H40N4. The van der Waals surface area contributed by atoms with Gasteiger partial charge < -0.3 is 15.6 Å². The largest absolute Gasteiger partial charge is 0.370 e. The number of amidine groups is 1. The summed E-state index contributed by atoms with van der Waals surface area (Å²) in [6, 6.07) is 8.23. The van der Waals surface area contributed by atoms with Gasteiger partial charge in [0.25, 0.3) is 0 Å². The smallest absolute Gasteiger partial charge is 0.118 e. The van der Waals surface area contributed by atoms with Crippen molar-refractivity contribution >= 4 is 17.6 Å². The van der Waals surface area contributed by atoms with E-state index in [1.54, 1.807) is 18.2 Å². The van der Waals surface area contributed by atoms with Gasteiger partial charge in [0, 0.05) is 6.54 Å². The lowest BCUT2D eigenvalue weighted by Crippen LogP contribution is -2.37. The molecule has 1 aromatic rings. The second-order valence-electron chi connectivity index (χ2n) is 10.7. The summed E-state index contributed by atoms with van der Waals surface area (Å²) in [4.78, 5) is 2.64. The second kappa shape index (κ2) is 9.95. The predicted octanol–water partition coefficient (Wildman–Crippen LogP) is 5.69. The van der Waals surface area contributed by atoms with Gasteiger partial charge in [-0.3, -0.25) is 5.41 Å². The van der Waals surface area contributed by atoms with Crippen LogP contribution in [0.25, 0.3) is 6.08 Å². The molecule has 1 aliphatic heterocycles. The third-order valence-electron chi connectivity index (χ3n) is 6.89. The molecule has 0 aromatic heterocycles. The first-order valence-corrected chi connectivity index (χ1v) is 11.7. The number of hydrogen-bond acceptors (Lipinski definition) is 3. The summed E-state index contributed by atoms with van der Waals surface area (Å²) in [5, 5.41) is 19.5. The molecule has 0 radical (unpaired) electrons. The maximum absolute atomic E-state index is 8.14. The number of aryl methyl sites for hydroxylation is 1. The van der Waals surface area contributed by atoms with Crippen LogP contribution in [0.5, 0.6) is 0 Å². The van der Waals surface area contributed by atoms with E-state index in [1.807, 2.05) is 18.2 Å². The van der Waals surface area contributed by atoms with Gasteiger partial charge in [-0.1, -0.05) is 56.7 Å². The first kappa shape index (κ1) is 23.5. The molecule has 2 aliphatic rings. The van der Waals surface area contributed by atoms with E-state index < -0.39 is 0 Å². The van der Waals surface area contributed by atoms with Gasteiger partial charge >= 0.3 is 0 Å². The van der Waals surface area contributed by atoms with Crippen molar-refractivity contribution in [2.75, 3.05) is 26.2 Å². The van der Waals surface area contributed by atoms with Crippen LogP contribution in [0.2, 0.25) is 0 Å². The number of piperidine rings is 1. The normalized spacial score (nSPS) is 21.1. The molecule has 31 heavy (non-hydrogen) atoms.